The van der Waals surface area contributed by atoms with Crippen molar-refractivity contribution in [2.24, 2.45) is 0 Å². The van der Waals surface area contributed by atoms with Crippen molar-refractivity contribution in [2.75, 3.05) is 11.9 Å². The summed E-state index contributed by atoms with van der Waals surface area (Å²) in [5.41, 5.74) is 1.39. The molecule has 2 aromatic rings. The van der Waals surface area contributed by atoms with E-state index >= 15 is 0 Å². The molecule has 0 radical (unpaired) electrons. The molecule has 4 heteroatoms. The van der Waals surface area contributed by atoms with Crippen molar-refractivity contribution in [1.82, 2.24) is 0 Å². The average Bonchev–Trinajstić information content (AvgIpc) is 2.53. The van der Waals surface area contributed by atoms with E-state index < -0.39 is 0 Å². The van der Waals surface area contributed by atoms with E-state index in [0.29, 0.717) is 18.0 Å². The van der Waals surface area contributed by atoms with Gasteiger partial charge in [0, 0.05) is 6.08 Å². The molecule has 0 atom stereocenters. The largest absolute Gasteiger partial charge is 0.491 e. The highest BCUT2D eigenvalue weighted by Gasteiger charge is 2.04. The molecule has 0 aromatic heterocycles. The number of anilines is 1. The maximum atomic E-state index is 12.8. The van der Waals surface area contributed by atoms with Gasteiger partial charge in [-0.15, -0.1) is 0 Å². The van der Waals surface area contributed by atoms with Crippen molar-refractivity contribution in [2.45, 2.75) is 13.3 Å². The van der Waals surface area contributed by atoms with Gasteiger partial charge in [-0.05, 0) is 42.3 Å². The Labute approximate surface area is 129 Å². The van der Waals surface area contributed by atoms with Crippen LogP contribution < -0.4 is 10.1 Å². The van der Waals surface area contributed by atoms with Gasteiger partial charge in [0.1, 0.15) is 11.6 Å². The molecule has 0 aliphatic rings. The molecule has 22 heavy (non-hydrogen) atoms. The summed E-state index contributed by atoms with van der Waals surface area (Å²) in [5.74, 6) is 0.0772. The molecule has 2 rings (SSSR count). The predicted octanol–water partition coefficient (Wildman–Crippen LogP) is 4.27. The van der Waals surface area contributed by atoms with Crippen LogP contribution in [-0.2, 0) is 4.79 Å². The Hall–Kier alpha value is -2.62. The molecular formula is C18H18FNO2. The van der Waals surface area contributed by atoms with E-state index in [1.165, 1.54) is 18.2 Å². The summed E-state index contributed by atoms with van der Waals surface area (Å²) in [6, 6.07) is 13.2. The smallest absolute Gasteiger partial charge is 0.248 e. The molecule has 2 aromatic carbocycles. The lowest BCUT2D eigenvalue weighted by Crippen LogP contribution is -2.09. The Morgan fingerprint density at radius 2 is 1.91 bits per heavy atom. The van der Waals surface area contributed by atoms with Gasteiger partial charge in [0.15, 0.2) is 0 Å². The summed E-state index contributed by atoms with van der Waals surface area (Å²) in [5, 5.41) is 2.78. The van der Waals surface area contributed by atoms with E-state index in [1.54, 1.807) is 24.3 Å². The maximum absolute atomic E-state index is 12.8. The third-order valence-corrected chi connectivity index (χ3v) is 2.90. The monoisotopic (exact) mass is 299 g/mol. The quantitative estimate of drug-likeness (QED) is 0.809. The molecule has 3 nitrogen and oxygen atoms in total. The van der Waals surface area contributed by atoms with E-state index in [-0.39, 0.29) is 11.7 Å². The molecule has 0 spiro atoms. The van der Waals surface area contributed by atoms with Crippen LogP contribution in [0.25, 0.3) is 6.08 Å². The fourth-order valence-electron chi connectivity index (χ4n) is 1.83. The number of benzene rings is 2. The van der Waals surface area contributed by atoms with Crippen LogP contribution in [0.2, 0.25) is 0 Å². The number of para-hydroxylation sites is 2. The van der Waals surface area contributed by atoms with Gasteiger partial charge in [-0.25, -0.2) is 4.39 Å². The van der Waals surface area contributed by atoms with E-state index in [2.05, 4.69) is 5.32 Å². The lowest BCUT2D eigenvalue weighted by atomic mass is 10.2. The van der Waals surface area contributed by atoms with Crippen molar-refractivity contribution >= 4 is 17.7 Å². The van der Waals surface area contributed by atoms with Crippen molar-refractivity contribution in [3.8, 4) is 5.75 Å². The lowest BCUT2D eigenvalue weighted by molar-refractivity contribution is -0.111. The molecule has 0 aliphatic carbocycles. The van der Waals surface area contributed by atoms with Gasteiger partial charge >= 0.3 is 0 Å². The average molecular weight is 299 g/mol. The van der Waals surface area contributed by atoms with Gasteiger partial charge in [0.05, 0.1) is 12.3 Å². The van der Waals surface area contributed by atoms with Gasteiger partial charge < -0.3 is 10.1 Å². The minimum Gasteiger partial charge on any atom is -0.491 e. The van der Waals surface area contributed by atoms with E-state index in [9.17, 15) is 9.18 Å². The molecular weight excluding hydrogens is 281 g/mol. The van der Waals surface area contributed by atoms with Gasteiger partial charge in [-0.1, -0.05) is 31.2 Å². The van der Waals surface area contributed by atoms with Gasteiger partial charge in [-0.3, -0.25) is 4.79 Å². The van der Waals surface area contributed by atoms with Crippen LogP contribution in [0.15, 0.2) is 54.6 Å². The lowest BCUT2D eigenvalue weighted by Gasteiger charge is -2.10. The number of hydrogen-bond acceptors (Lipinski definition) is 2. The molecule has 114 valence electrons. The maximum Gasteiger partial charge on any atom is 0.248 e. The second-order valence-electron chi connectivity index (χ2n) is 4.72. The summed E-state index contributed by atoms with van der Waals surface area (Å²) in [6.45, 7) is 2.62. The minimum atomic E-state index is -0.302. The predicted molar refractivity (Wildman–Crippen MR) is 86.3 cm³/mol. The first kappa shape index (κ1) is 15.8. The second kappa shape index (κ2) is 7.98. The molecule has 0 saturated heterocycles. The number of amides is 1. The SMILES string of the molecule is CCCOc1ccccc1NC(=O)/C=C/c1ccc(F)cc1. The van der Waals surface area contributed by atoms with Gasteiger partial charge in [0.2, 0.25) is 5.91 Å². The van der Waals surface area contributed by atoms with Crippen LogP contribution in [0.1, 0.15) is 18.9 Å². The van der Waals surface area contributed by atoms with E-state index in [1.807, 2.05) is 25.1 Å². The molecule has 0 bridgehead atoms. The molecule has 0 heterocycles. The summed E-state index contributed by atoms with van der Waals surface area (Å²) in [7, 11) is 0. The zero-order valence-corrected chi connectivity index (χ0v) is 12.4. The first-order valence-electron chi connectivity index (χ1n) is 7.15. The standard InChI is InChI=1S/C18H18FNO2/c1-2-13-22-17-6-4-3-5-16(17)20-18(21)12-9-14-7-10-15(19)11-8-14/h3-12H,2,13H2,1H3,(H,20,21)/b12-9+. The van der Waals surface area contributed by atoms with Crippen molar-refractivity contribution in [3.63, 3.8) is 0 Å². The Bertz CT molecular complexity index is 650. The highest BCUT2D eigenvalue weighted by atomic mass is 19.1. The van der Waals surface area contributed by atoms with Crippen LogP contribution in [0.5, 0.6) is 5.75 Å². The summed E-state index contributed by atoms with van der Waals surface area (Å²) < 4.78 is 18.4. The minimum absolute atomic E-state index is 0.267. The Balaban J connectivity index is 2.01. The highest BCUT2D eigenvalue weighted by molar-refractivity contribution is 6.02. The normalized spacial score (nSPS) is 10.6. The summed E-state index contributed by atoms with van der Waals surface area (Å²) in [6.07, 6.45) is 3.93. The van der Waals surface area contributed by atoms with Gasteiger partial charge in [-0.2, -0.15) is 0 Å². The Kier molecular flexibility index (Phi) is 5.72. The fourth-order valence-corrected chi connectivity index (χ4v) is 1.83. The van der Waals surface area contributed by atoms with Crippen LogP contribution in [0.4, 0.5) is 10.1 Å². The van der Waals surface area contributed by atoms with Crippen LogP contribution >= 0.6 is 0 Å². The topological polar surface area (TPSA) is 38.3 Å². The molecule has 0 saturated carbocycles. The molecule has 0 unspecified atom stereocenters. The number of carbonyl (C=O) groups excluding carboxylic acids is 1. The molecule has 0 aliphatic heterocycles. The summed E-state index contributed by atoms with van der Waals surface area (Å²) in [4.78, 5) is 12.0. The third kappa shape index (κ3) is 4.74. The highest BCUT2D eigenvalue weighted by Crippen LogP contribution is 2.23. The zero-order chi connectivity index (χ0) is 15.8. The van der Waals surface area contributed by atoms with Gasteiger partial charge in [0.25, 0.3) is 0 Å². The van der Waals surface area contributed by atoms with Crippen LogP contribution in [0, 0.1) is 5.82 Å². The van der Waals surface area contributed by atoms with Crippen LogP contribution in [0.3, 0.4) is 0 Å². The van der Waals surface area contributed by atoms with Crippen LogP contribution in [-0.4, -0.2) is 12.5 Å². The molecule has 1 amide bonds. The first-order chi connectivity index (χ1) is 10.7. The number of hydrogen-bond donors (Lipinski definition) is 1. The van der Waals surface area contributed by atoms with Crippen molar-refractivity contribution in [3.05, 3.63) is 66.0 Å². The fraction of sp³-hybridized carbons (Fsp3) is 0.167. The number of nitrogens with one attached hydrogen (secondary N) is 1. The second-order valence-corrected chi connectivity index (χ2v) is 4.72. The van der Waals surface area contributed by atoms with Crippen molar-refractivity contribution in [1.29, 1.82) is 0 Å². The molecule has 0 fully saturated rings. The number of carbonyl (C=O) groups is 1. The third-order valence-electron chi connectivity index (χ3n) is 2.90. The summed E-state index contributed by atoms with van der Waals surface area (Å²) >= 11 is 0. The van der Waals surface area contributed by atoms with Crippen molar-refractivity contribution < 1.29 is 13.9 Å². The number of ether oxygens (including phenoxy) is 1. The zero-order valence-electron chi connectivity index (χ0n) is 12.4. The Morgan fingerprint density at radius 3 is 2.64 bits per heavy atom. The number of halogens is 1. The first-order valence-corrected chi connectivity index (χ1v) is 7.15. The Morgan fingerprint density at radius 1 is 1.18 bits per heavy atom. The van der Waals surface area contributed by atoms with E-state index in [4.69, 9.17) is 4.74 Å². The molecule has 1 N–H and O–H groups in total. The van der Waals surface area contributed by atoms with E-state index in [0.717, 1.165) is 12.0 Å². The number of rotatable bonds is 6.